The second-order valence-electron chi connectivity index (χ2n) is 6.45. The number of hydrogen-bond acceptors (Lipinski definition) is 1. The fourth-order valence-corrected chi connectivity index (χ4v) is 2.89. The van der Waals surface area contributed by atoms with E-state index in [0.717, 1.165) is 18.4 Å². The molecule has 0 amide bonds. The monoisotopic (exact) mass is 263 g/mol. The van der Waals surface area contributed by atoms with E-state index in [1.54, 1.807) is 11.1 Å². The molecule has 0 fully saturated rings. The van der Waals surface area contributed by atoms with Gasteiger partial charge in [0.1, 0.15) is 0 Å². The molecule has 2 atom stereocenters. The van der Waals surface area contributed by atoms with Crippen LogP contribution in [0.3, 0.4) is 0 Å². The number of allylic oxidation sites excluding steroid dienone is 3. The SMILES string of the molecule is CCC1=CC=C(C(C)NCC(CC)CC(C)C)CC1. The van der Waals surface area contributed by atoms with Gasteiger partial charge < -0.3 is 5.32 Å². The minimum absolute atomic E-state index is 0.538. The molecule has 1 nitrogen and oxygen atoms in total. The molecule has 1 rings (SSSR count). The van der Waals surface area contributed by atoms with Crippen LogP contribution in [-0.4, -0.2) is 12.6 Å². The number of hydrogen-bond donors (Lipinski definition) is 1. The van der Waals surface area contributed by atoms with E-state index in [2.05, 4.69) is 52.1 Å². The van der Waals surface area contributed by atoms with Gasteiger partial charge in [-0.3, -0.25) is 0 Å². The van der Waals surface area contributed by atoms with E-state index in [1.165, 1.54) is 32.1 Å². The summed E-state index contributed by atoms with van der Waals surface area (Å²) in [5.41, 5.74) is 3.18. The molecule has 0 aliphatic heterocycles. The van der Waals surface area contributed by atoms with E-state index in [1.807, 2.05) is 0 Å². The summed E-state index contributed by atoms with van der Waals surface area (Å²) in [5.74, 6) is 1.64. The molecule has 0 heterocycles. The molecular formula is C18H33N. The quantitative estimate of drug-likeness (QED) is 0.643. The first-order valence-corrected chi connectivity index (χ1v) is 8.18. The van der Waals surface area contributed by atoms with E-state index in [0.29, 0.717) is 6.04 Å². The zero-order chi connectivity index (χ0) is 14.3. The third-order valence-electron chi connectivity index (χ3n) is 4.37. The lowest BCUT2D eigenvalue weighted by Gasteiger charge is -2.24. The summed E-state index contributed by atoms with van der Waals surface area (Å²) in [6.45, 7) is 12.7. The Hall–Kier alpha value is -0.560. The highest BCUT2D eigenvalue weighted by atomic mass is 14.9. The van der Waals surface area contributed by atoms with E-state index >= 15 is 0 Å². The van der Waals surface area contributed by atoms with Crippen LogP contribution in [0.1, 0.15) is 66.7 Å². The average Bonchev–Trinajstić information content (AvgIpc) is 2.42. The molecule has 1 N–H and O–H groups in total. The molecule has 0 spiro atoms. The van der Waals surface area contributed by atoms with Crippen LogP contribution in [0.15, 0.2) is 23.3 Å². The second-order valence-corrected chi connectivity index (χ2v) is 6.45. The Kier molecular flexibility index (Phi) is 7.45. The van der Waals surface area contributed by atoms with Crippen molar-refractivity contribution >= 4 is 0 Å². The number of rotatable bonds is 8. The molecule has 1 heteroatoms. The average molecular weight is 263 g/mol. The predicted octanol–water partition coefficient (Wildman–Crippen LogP) is 5.09. The number of nitrogens with one attached hydrogen (secondary N) is 1. The van der Waals surface area contributed by atoms with Gasteiger partial charge in [0.15, 0.2) is 0 Å². The summed E-state index contributed by atoms with van der Waals surface area (Å²) in [5, 5.41) is 3.74. The molecule has 1 aliphatic carbocycles. The topological polar surface area (TPSA) is 12.0 Å². The fraction of sp³-hybridized carbons (Fsp3) is 0.778. The van der Waals surface area contributed by atoms with Gasteiger partial charge >= 0.3 is 0 Å². The lowest BCUT2D eigenvalue weighted by molar-refractivity contribution is 0.368. The summed E-state index contributed by atoms with van der Waals surface area (Å²) in [7, 11) is 0. The third-order valence-corrected chi connectivity index (χ3v) is 4.37. The van der Waals surface area contributed by atoms with Crippen molar-refractivity contribution in [3.8, 4) is 0 Å². The normalized spacial score (nSPS) is 19.1. The molecule has 0 aromatic carbocycles. The van der Waals surface area contributed by atoms with Gasteiger partial charge in [0.25, 0.3) is 0 Å². The van der Waals surface area contributed by atoms with Crippen LogP contribution in [0.5, 0.6) is 0 Å². The summed E-state index contributed by atoms with van der Waals surface area (Å²) < 4.78 is 0. The lowest BCUT2D eigenvalue weighted by Crippen LogP contribution is -2.33. The van der Waals surface area contributed by atoms with Gasteiger partial charge in [-0.1, -0.05) is 57.4 Å². The van der Waals surface area contributed by atoms with Crippen LogP contribution >= 0.6 is 0 Å². The van der Waals surface area contributed by atoms with E-state index in [-0.39, 0.29) is 0 Å². The van der Waals surface area contributed by atoms with Crippen LogP contribution < -0.4 is 5.32 Å². The highest BCUT2D eigenvalue weighted by Gasteiger charge is 2.14. The van der Waals surface area contributed by atoms with Crippen molar-refractivity contribution in [3.63, 3.8) is 0 Å². The van der Waals surface area contributed by atoms with Crippen LogP contribution in [-0.2, 0) is 0 Å². The highest BCUT2D eigenvalue weighted by Crippen LogP contribution is 2.23. The Bertz CT molecular complexity index is 312. The van der Waals surface area contributed by atoms with Gasteiger partial charge in [-0.25, -0.2) is 0 Å². The van der Waals surface area contributed by atoms with Crippen molar-refractivity contribution in [2.24, 2.45) is 11.8 Å². The first kappa shape index (κ1) is 16.5. The predicted molar refractivity (Wildman–Crippen MR) is 86.4 cm³/mol. The Labute approximate surface area is 120 Å². The molecular weight excluding hydrogens is 230 g/mol. The van der Waals surface area contributed by atoms with Crippen molar-refractivity contribution in [3.05, 3.63) is 23.3 Å². The summed E-state index contributed by atoms with van der Waals surface area (Å²) >= 11 is 0. The van der Waals surface area contributed by atoms with Gasteiger partial charge in [0.05, 0.1) is 0 Å². The molecule has 0 saturated carbocycles. The summed E-state index contributed by atoms with van der Waals surface area (Å²) in [4.78, 5) is 0. The van der Waals surface area contributed by atoms with E-state index < -0.39 is 0 Å². The maximum absolute atomic E-state index is 3.74. The lowest BCUT2D eigenvalue weighted by atomic mass is 9.91. The Morgan fingerprint density at radius 2 is 1.84 bits per heavy atom. The van der Waals surface area contributed by atoms with Crippen LogP contribution in [0.2, 0.25) is 0 Å². The van der Waals surface area contributed by atoms with Crippen molar-refractivity contribution < 1.29 is 0 Å². The van der Waals surface area contributed by atoms with E-state index in [9.17, 15) is 0 Å². The third kappa shape index (κ3) is 5.95. The Morgan fingerprint density at radius 3 is 2.32 bits per heavy atom. The molecule has 1 aliphatic rings. The van der Waals surface area contributed by atoms with Gasteiger partial charge in [-0.2, -0.15) is 0 Å². The standard InChI is InChI=1S/C18H33N/c1-6-16-8-10-18(11-9-16)15(5)19-13-17(7-2)12-14(3)4/h8,10,14-15,17,19H,6-7,9,11-13H2,1-5H3. The molecule has 110 valence electrons. The zero-order valence-electron chi connectivity index (χ0n) is 13.6. The molecule has 0 aromatic heterocycles. The molecule has 0 radical (unpaired) electrons. The zero-order valence-corrected chi connectivity index (χ0v) is 13.6. The first-order valence-electron chi connectivity index (χ1n) is 8.18. The highest BCUT2D eigenvalue weighted by molar-refractivity contribution is 5.26. The summed E-state index contributed by atoms with van der Waals surface area (Å²) in [6, 6.07) is 0.538. The Balaban J connectivity index is 2.40. The minimum atomic E-state index is 0.538. The van der Waals surface area contributed by atoms with Gasteiger partial charge in [-0.05, 0) is 51.0 Å². The smallest absolute Gasteiger partial charge is 0.0254 e. The summed E-state index contributed by atoms with van der Waals surface area (Å²) in [6.07, 6.45) is 11.0. The van der Waals surface area contributed by atoms with Crippen LogP contribution in [0, 0.1) is 11.8 Å². The fourth-order valence-electron chi connectivity index (χ4n) is 2.89. The van der Waals surface area contributed by atoms with Gasteiger partial charge in [-0.15, -0.1) is 0 Å². The maximum atomic E-state index is 3.74. The van der Waals surface area contributed by atoms with Crippen LogP contribution in [0.4, 0.5) is 0 Å². The molecule has 0 bridgehead atoms. The molecule has 19 heavy (non-hydrogen) atoms. The van der Waals surface area contributed by atoms with Crippen molar-refractivity contribution in [2.45, 2.75) is 72.8 Å². The van der Waals surface area contributed by atoms with Gasteiger partial charge in [0, 0.05) is 6.04 Å². The first-order chi connectivity index (χ1) is 9.06. The van der Waals surface area contributed by atoms with Gasteiger partial charge in [0.2, 0.25) is 0 Å². The largest absolute Gasteiger partial charge is 0.310 e. The molecule has 2 unspecified atom stereocenters. The molecule has 0 aromatic rings. The van der Waals surface area contributed by atoms with E-state index in [4.69, 9.17) is 0 Å². The van der Waals surface area contributed by atoms with Crippen molar-refractivity contribution in [1.82, 2.24) is 5.32 Å². The van der Waals surface area contributed by atoms with Crippen molar-refractivity contribution in [2.75, 3.05) is 6.54 Å². The Morgan fingerprint density at radius 1 is 1.11 bits per heavy atom. The maximum Gasteiger partial charge on any atom is 0.0254 e. The second kappa shape index (κ2) is 8.58. The van der Waals surface area contributed by atoms with Crippen molar-refractivity contribution in [1.29, 1.82) is 0 Å². The minimum Gasteiger partial charge on any atom is -0.310 e. The van der Waals surface area contributed by atoms with Crippen LogP contribution in [0.25, 0.3) is 0 Å². The molecule has 0 saturated heterocycles.